The van der Waals surface area contributed by atoms with E-state index < -0.39 is 23.5 Å². The lowest BCUT2D eigenvalue weighted by Crippen LogP contribution is -2.11. The average molecular weight is 798 g/mol. The van der Waals surface area contributed by atoms with E-state index in [2.05, 4.69) is 9.69 Å². The largest absolute Gasteiger partial charge is 0.416 e. The molecule has 7 aromatic carbocycles. The van der Waals surface area contributed by atoms with Crippen LogP contribution < -0.4 is 0 Å². The molecule has 0 fully saturated rings. The van der Waals surface area contributed by atoms with E-state index in [4.69, 9.17) is 28.1 Å². The van der Waals surface area contributed by atoms with E-state index in [1.807, 2.05) is 48.5 Å². The third kappa shape index (κ3) is 6.72. The van der Waals surface area contributed by atoms with Gasteiger partial charge in [-0.1, -0.05) is 121 Å². The van der Waals surface area contributed by atoms with Gasteiger partial charge >= 0.3 is 12.4 Å². The molecule has 60 heavy (non-hydrogen) atoms. The lowest BCUT2D eigenvalue weighted by atomic mass is 9.88. The molecule has 0 aliphatic heterocycles. The van der Waals surface area contributed by atoms with Gasteiger partial charge in [-0.15, -0.1) is 0 Å². The second-order valence-electron chi connectivity index (χ2n) is 14.0. The van der Waals surface area contributed by atoms with Gasteiger partial charge in [0, 0.05) is 21.7 Å². The molecule has 0 N–H and O–H groups in total. The lowest BCUT2D eigenvalue weighted by Gasteiger charge is -2.20. The number of rotatable bonds is 5. The fourth-order valence-corrected chi connectivity index (χ4v) is 7.55. The van der Waals surface area contributed by atoms with E-state index in [9.17, 15) is 26.3 Å². The highest BCUT2D eigenvalue weighted by atomic mass is 19.4. The number of nitrogens with zero attached hydrogens (tertiary/aromatic N) is 5. The number of hydrogen-bond donors (Lipinski definition) is 0. The molecule has 288 valence electrons. The third-order valence-corrected chi connectivity index (χ3v) is 10.3. The molecule has 11 heteroatoms. The Morgan fingerprint density at radius 3 is 1.50 bits per heavy atom. The van der Waals surface area contributed by atoms with Gasteiger partial charge in [-0.3, -0.25) is 0 Å². The SMILES string of the molecule is [C-]#[N+]c1ccc(-c2nc3cc(-c4ccccc4)c4c5ccccc5nc(-c5ccccc5-c5cc(C(F)(F)F)cc(C(F)(F)F)c5)c4c3nc2-c2ccc([N+]#[C-])cc2)cc1. The van der Waals surface area contributed by atoms with Gasteiger partial charge < -0.3 is 0 Å². The number of fused-ring (bicyclic) bond motifs is 5. The summed E-state index contributed by atoms with van der Waals surface area (Å²) in [6, 6.07) is 40.5. The minimum absolute atomic E-state index is 0.0934. The molecular weight excluding hydrogens is 773 g/mol. The molecule has 0 radical (unpaired) electrons. The Kier molecular flexibility index (Phi) is 9.10. The van der Waals surface area contributed by atoms with Gasteiger partial charge in [0.2, 0.25) is 0 Å². The Morgan fingerprint density at radius 1 is 0.400 bits per heavy atom. The maximum atomic E-state index is 14.2. The van der Waals surface area contributed by atoms with Crippen molar-refractivity contribution in [2.75, 3.05) is 0 Å². The summed E-state index contributed by atoms with van der Waals surface area (Å²) < 4.78 is 85.4. The zero-order valence-electron chi connectivity index (χ0n) is 30.9. The minimum Gasteiger partial charge on any atom is -0.247 e. The van der Waals surface area contributed by atoms with Gasteiger partial charge in [-0.25, -0.2) is 24.6 Å². The van der Waals surface area contributed by atoms with E-state index in [0.29, 0.717) is 61.2 Å². The van der Waals surface area contributed by atoms with Crippen LogP contribution in [0.1, 0.15) is 11.1 Å². The Hall–Kier alpha value is -7.89. The first-order chi connectivity index (χ1) is 28.9. The lowest BCUT2D eigenvalue weighted by molar-refractivity contribution is -0.143. The van der Waals surface area contributed by atoms with Gasteiger partial charge in [0.05, 0.1) is 57.9 Å². The van der Waals surface area contributed by atoms with Gasteiger partial charge in [-0.05, 0) is 63.7 Å². The molecule has 2 heterocycles. The smallest absolute Gasteiger partial charge is 0.247 e. The minimum atomic E-state index is -5.06. The highest BCUT2D eigenvalue weighted by Crippen LogP contribution is 2.47. The van der Waals surface area contributed by atoms with Crippen LogP contribution in [0, 0.1) is 13.1 Å². The Bertz CT molecular complexity index is 3200. The molecule has 0 unspecified atom stereocenters. The van der Waals surface area contributed by atoms with Crippen molar-refractivity contribution in [1.29, 1.82) is 0 Å². The van der Waals surface area contributed by atoms with Crippen LogP contribution in [0.2, 0.25) is 0 Å². The summed E-state index contributed by atoms with van der Waals surface area (Å²) in [6.45, 7) is 15.0. The zero-order chi connectivity index (χ0) is 41.8. The number of para-hydroxylation sites is 1. The summed E-state index contributed by atoms with van der Waals surface area (Å²) in [5, 5.41) is 1.90. The summed E-state index contributed by atoms with van der Waals surface area (Å²) in [5.74, 6) is 0. The number of aromatic nitrogens is 3. The zero-order valence-corrected chi connectivity index (χ0v) is 30.9. The Labute approximate surface area is 338 Å². The van der Waals surface area contributed by atoms with Crippen molar-refractivity contribution >= 4 is 44.1 Å². The predicted molar refractivity (Wildman–Crippen MR) is 222 cm³/mol. The molecule has 2 aromatic heterocycles. The van der Waals surface area contributed by atoms with Crippen LogP contribution >= 0.6 is 0 Å². The van der Waals surface area contributed by atoms with Crippen LogP contribution in [0.25, 0.3) is 98.4 Å². The Morgan fingerprint density at radius 2 is 0.917 bits per heavy atom. The van der Waals surface area contributed by atoms with Crippen molar-refractivity contribution in [3.05, 3.63) is 186 Å². The van der Waals surface area contributed by atoms with E-state index >= 15 is 0 Å². The van der Waals surface area contributed by atoms with Crippen LogP contribution in [0.15, 0.2) is 152 Å². The van der Waals surface area contributed by atoms with E-state index in [1.165, 1.54) is 6.07 Å². The van der Waals surface area contributed by atoms with Gasteiger partial charge in [-0.2, -0.15) is 26.3 Å². The standard InChI is InChI=1S/C49H25F6N5/c1-56-34-20-16-29(17-21-34)44-45(30-18-22-35(57-2)23-19-30)60-47-41(59-44)27-39(28-10-4-3-5-11-28)42-38-14-8-9-15-40(38)58-46(43(42)47)37-13-7-6-12-36(37)31-24-32(48(50,51)52)26-33(25-31)49(53,54)55/h3-27H. The van der Waals surface area contributed by atoms with Gasteiger partial charge in [0.1, 0.15) is 0 Å². The van der Waals surface area contributed by atoms with E-state index in [0.717, 1.165) is 28.6 Å². The Balaban J connectivity index is 1.46. The topological polar surface area (TPSA) is 47.4 Å². The fourth-order valence-electron chi connectivity index (χ4n) is 7.55. The van der Waals surface area contributed by atoms with Crippen molar-refractivity contribution in [2.45, 2.75) is 12.4 Å². The number of halogens is 6. The molecule has 0 bridgehead atoms. The number of pyridine rings is 1. The van der Waals surface area contributed by atoms with Crippen molar-refractivity contribution in [3.63, 3.8) is 0 Å². The van der Waals surface area contributed by atoms with Crippen LogP contribution in [0.3, 0.4) is 0 Å². The summed E-state index contributed by atoms with van der Waals surface area (Å²) >= 11 is 0. The molecular formula is C49H25F6N5. The fraction of sp³-hybridized carbons (Fsp3) is 0.0408. The molecule has 9 aromatic rings. The average Bonchev–Trinajstić information content (AvgIpc) is 3.27. The summed E-state index contributed by atoms with van der Waals surface area (Å²) in [7, 11) is 0. The molecule has 9 rings (SSSR count). The van der Waals surface area contributed by atoms with Crippen molar-refractivity contribution in [3.8, 4) is 56.0 Å². The number of alkyl halides is 6. The van der Waals surface area contributed by atoms with Crippen LogP contribution in [-0.4, -0.2) is 15.0 Å². The van der Waals surface area contributed by atoms with Gasteiger partial charge in [0.15, 0.2) is 11.4 Å². The maximum Gasteiger partial charge on any atom is 0.416 e. The molecule has 0 saturated carbocycles. The second-order valence-corrected chi connectivity index (χ2v) is 14.0. The number of benzene rings is 7. The van der Waals surface area contributed by atoms with Crippen LogP contribution in [0.5, 0.6) is 0 Å². The molecule has 0 aliphatic rings. The molecule has 0 spiro atoms. The van der Waals surface area contributed by atoms with Crippen molar-refractivity contribution in [1.82, 2.24) is 15.0 Å². The van der Waals surface area contributed by atoms with Crippen molar-refractivity contribution < 1.29 is 26.3 Å². The summed E-state index contributed by atoms with van der Waals surface area (Å²) in [5.41, 5.74) is 3.40. The first kappa shape index (κ1) is 37.7. The normalized spacial score (nSPS) is 11.8. The van der Waals surface area contributed by atoms with E-state index in [-0.39, 0.29) is 28.5 Å². The molecule has 0 saturated heterocycles. The maximum absolute atomic E-state index is 14.2. The summed E-state index contributed by atoms with van der Waals surface area (Å²) in [4.78, 5) is 22.8. The first-order valence-corrected chi connectivity index (χ1v) is 18.4. The van der Waals surface area contributed by atoms with Crippen LogP contribution in [-0.2, 0) is 12.4 Å². The first-order valence-electron chi connectivity index (χ1n) is 18.4. The van der Waals surface area contributed by atoms with E-state index in [1.54, 1.807) is 78.9 Å². The number of hydrogen-bond acceptors (Lipinski definition) is 3. The predicted octanol–water partition coefficient (Wildman–Crippen LogP) is 14.8. The molecule has 0 amide bonds. The highest BCUT2D eigenvalue weighted by molar-refractivity contribution is 6.25. The van der Waals surface area contributed by atoms with Crippen molar-refractivity contribution in [2.24, 2.45) is 0 Å². The van der Waals surface area contributed by atoms with Crippen LogP contribution in [0.4, 0.5) is 37.7 Å². The second kappa shape index (κ2) is 14.5. The quantitative estimate of drug-likeness (QED) is 0.0990. The molecule has 5 nitrogen and oxygen atoms in total. The molecule has 0 aliphatic carbocycles. The highest BCUT2D eigenvalue weighted by Gasteiger charge is 2.37. The van der Waals surface area contributed by atoms with Gasteiger partial charge in [0.25, 0.3) is 0 Å². The summed E-state index contributed by atoms with van der Waals surface area (Å²) in [6.07, 6.45) is -10.1. The monoisotopic (exact) mass is 797 g/mol. The molecule has 0 atom stereocenters. The third-order valence-electron chi connectivity index (χ3n) is 10.3.